The fourth-order valence-corrected chi connectivity index (χ4v) is 4.63. The number of aromatic amines is 1. The highest BCUT2D eigenvalue weighted by molar-refractivity contribution is 7.22. The number of nitrogens with two attached hydrogens (primary N) is 1. The van der Waals surface area contributed by atoms with Gasteiger partial charge >= 0.3 is 5.69 Å². The van der Waals surface area contributed by atoms with Crippen LogP contribution in [0.15, 0.2) is 76.6 Å². The molecule has 3 N–H and O–H groups in total. The largest absolute Gasteiger partial charge is 0.366 e. The van der Waals surface area contributed by atoms with Crippen LogP contribution in [0.25, 0.3) is 37.1 Å². The van der Waals surface area contributed by atoms with Crippen LogP contribution in [0, 0.1) is 0 Å². The zero-order valence-corrected chi connectivity index (χ0v) is 16.3. The lowest BCUT2D eigenvalue weighted by Crippen LogP contribution is -2.33. The molecule has 7 nitrogen and oxygen atoms in total. The second-order valence-corrected chi connectivity index (χ2v) is 7.77. The van der Waals surface area contributed by atoms with Crippen molar-refractivity contribution in [3.05, 3.63) is 93.4 Å². The van der Waals surface area contributed by atoms with Crippen LogP contribution >= 0.6 is 11.3 Å². The summed E-state index contributed by atoms with van der Waals surface area (Å²) in [4.78, 5) is 45.5. The minimum absolute atomic E-state index is 0.352. The fraction of sp³-hybridized carbons (Fsp3) is 0. The molecular weight excluding hydrogens is 400 g/mol. The molecule has 30 heavy (non-hydrogen) atoms. The first-order valence-electron chi connectivity index (χ1n) is 9.06. The molecule has 0 bridgehead atoms. The number of pyridine rings is 1. The quantitative estimate of drug-likeness (QED) is 0.473. The third kappa shape index (κ3) is 2.73. The average molecular weight is 414 g/mol. The van der Waals surface area contributed by atoms with Crippen molar-refractivity contribution in [1.82, 2.24) is 14.5 Å². The molecule has 5 rings (SSSR count). The Labute approximate surface area is 173 Å². The number of primary amides is 1. The van der Waals surface area contributed by atoms with E-state index in [4.69, 9.17) is 5.73 Å². The van der Waals surface area contributed by atoms with Gasteiger partial charge in [-0.1, -0.05) is 42.5 Å². The van der Waals surface area contributed by atoms with E-state index in [0.717, 1.165) is 15.3 Å². The van der Waals surface area contributed by atoms with Gasteiger partial charge in [-0.25, -0.2) is 9.36 Å². The van der Waals surface area contributed by atoms with Crippen molar-refractivity contribution >= 4 is 38.2 Å². The molecule has 0 spiro atoms. The van der Waals surface area contributed by atoms with E-state index in [9.17, 15) is 14.4 Å². The molecule has 0 fully saturated rings. The van der Waals surface area contributed by atoms with Crippen molar-refractivity contribution in [2.75, 3.05) is 0 Å². The number of H-pyrrole nitrogens is 1. The molecule has 0 unspecified atom stereocenters. The number of thiophene rings is 1. The smallest absolute Gasteiger partial charge is 0.333 e. The summed E-state index contributed by atoms with van der Waals surface area (Å²) in [5.41, 5.74) is 6.28. The lowest BCUT2D eigenvalue weighted by Gasteiger charge is -2.07. The molecule has 3 heterocycles. The maximum absolute atomic E-state index is 13.3. The molecule has 0 aliphatic carbocycles. The van der Waals surface area contributed by atoms with Crippen LogP contribution in [0.3, 0.4) is 0 Å². The van der Waals surface area contributed by atoms with Crippen molar-refractivity contribution < 1.29 is 4.79 Å². The van der Waals surface area contributed by atoms with Crippen molar-refractivity contribution in [2.24, 2.45) is 5.73 Å². The average Bonchev–Trinajstić information content (AvgIpc) is 3.18. The molecule has 0 atom stereocenters. The summed E-state index contributed by atoms with van der Waals surface area (Å²) in [7, 11) is 0. The standard InChI is InChI=1S/C22H14N4O3S/c23-20(27)15-8-4-3-7-14(15)18-9-16-19(30-18)21(28)26(22(29)25-16)17-11-24-10-12-5-1-2-6-13(12)17/h1-11H,(H2,23,27)(H,25,29). The number of aromatic nitrogens is 3. The Hall–Kier alpha value is -4.04. The van der Waals surface area contributed by atoms with Crippen LogP contribution in [0.2, 0.25) is 0 Å². The molecule has 0 saturated carbocycles. The summed E-state index contributed by atoms with van der Waals surface area (Å²) >= 11 is 1.20. The number of carbonyl (C=O) groups is 1. The second-order valence-electron chi connectivity index (χ2n) is 6.71. The number of nitrogens with one attached hydrogen (secondary N) is 1. The van der Waals surface area contributed by atoms with E-state index >= 15 is 0 Å². The third-order valence-corrected chi connectivity index (χ3v) is 6.08. The highest BCUT2D eigenvalue weighted by Crippen LogP contribution is 2.33. The van der Waals surface area contributed by atoms with Crippen LogP contribution in [0.5, 0.6) is 0 Å². The molecule has 0 aliphatic heterocycles. The van der Waals surface area contributed by atoms with E-state index in [1.165, 1.54) is 17.5 Å². The van der Waals surface area contributed by atoms with Crippen molar-refractivity contribution in [2.45, 2.75) is 0 Å². The molecule has 1 amide bonds. The van der Waals surface area contributed by atoms with E-state index in [1.54, 1.807) is 36.5 Å². The minimum atomic E-state index is -0.559. The Bertz CT molecular complexity index is 1570. The third-order valence-electron chi connectivity index (χ3n) is 4.92. The molecule has 0 aliphatic rings. The number of fused-ring (bicyclic) bond motifs is 2. The number of amides is 1. The Morgan fingerprint density at radius 2 is 1.80 bits per heavy atom. The Morgan fingerprint density at radius 3 is 2.63 bits per heavy atom. The van der Waals surface area contributed by atoms with Crippen LogP contribution in [0.1, 0.15) is 10.4 Å². The molecule has 0 saturated heterocycles. The number of benzene rings is 2. The maximum atomic E-state index is 13.3. The normalized spacial score (nSPS) is 11.2. The molecule has 2 aromatic carbocycles. The predicted octanol–water partition coefficient (Wildman–Crippen LogP) is 3.05. The number of carbonyl (C=O) groups excluding carboxylic acids is 1. The molecular formula is C22H14N4O3S. The highest BCUT2D eigenvalue weighted by Gasteiger charge is 2.17. The summed E-state index contributed by atoms with van der Waals surface area (Å²) in [6, 6.07) is 16.0. The van der Waals surface area contributed by atoms with Gasteiger partial charge in [-0.3, -0.25) is 14.6 Å². The van der Waals surface area contributed by atoms with Gasteiger partial charge in [0.1, 0.15) is 4.70 Å². The van der Waals surface area contributed by atoms with E-state index in [2.05, 4.69) is 9.97 Å². The van der Waals surface area contributed by atoms with Crippen molar-refractivity contribution in [3.8, 4) is 16.1 Å². The topological polar surface area (TPSA) is 111 Å². The summed E-state index contributed by atoms with van der Waals surface area (Å²) in [5.74, 6) is -0.559. The van der Waals surface area contributed by atoms with Gasteiger partial charge in [0, 0.05) is 33.0 Å². The maximum Gasteiger partial charge on any atom is 0.333 e. The van der Waals surface area contributed by atoms with Crippen LogP contribution in [0.4, 0.5) is 0 Å². The Kier molecular flexibility index (Phi) is 4.07. The van der Waals surface area contributed by atoms with Gasteiger partial charge < -0.3 is 10.7 Å². The van der Waals surface area contributed by atoms with Gasteiger partial charge in [0.05, 0.1) is 17.4 Å². The van der Waals surface area contributed by atoms with Crippen LogP contribution in [-0.2, 0) is 0 Å². The van der Waals surface area contributed by atoms with E-state index < -0.39 is 17.2 Å². The van der Waals surface area contributed by atoms with Crippen molar-refractivity contribution in [1.29, 1.82) is 0 Å². The summed E-state index contributed by atoms with van der Waals surface area (Å²) < 4.78 is 1.47. The number of hydrogen-bond donors (Lipinski definition) is 2. The van der Waals surface area contributed by atoms with Gasteiger partial charge in [0.15, 0.2) is 0 Å². The first-order valence-corrected chi connectivity index (χ1v) is 9.87. The lowest BCUT2D eigenvalue weighted by atomic mass is 10.1. The lowest BCUT2D eigenvalue weighted by molar-refractivity contribution is 0.100. The molecule has 5 aromatic rings. The highest BCUT2D eigenvalue weighted by atomic mass is 32.1. The first kappa shape index (κ1) is 18.0. The van der Waals surface area contributed by atoms with Gasteiger partial charge in [-0.2, -0.15) is 0 Å². The number of hydrogen-bond acceptors (Lipinski definition) is 5. The summed E-state index contributed by atoms with van der Waals surface area (Å²) in [5, 5.41) is 1.57. The van der Waals surface area contributed by atoms with Crippen LogP contribution < -0.4 is 17.0 Å². The minimum Gasteiger partial charge on any atom is -0.366 e. The van der Waals surface area contributed by atoms with Crippen LogP contribution in [-0.4, -0.2) is 20.4 Å². The summed E-state index contributed by atoms with van der Waals surface area (Å²) in [6.45, 7) is 0. The van der Waals surface area contributed by atoms with Gasteiger partial charge in [0.25, 0.3) is 5.56 Å². The molecule has 8 heteroatoms. The van der Waals surface area contributed by atoms with Gasteiger partial charge in [-0.15, -0.1) is 11.3 Å². The Balaban J connectivity index is 1.79. The SMILES string of the molecule is NC(=O)c1ccccc1-c1cc2[nH]c(=O)n(-c3cncc4ccccc34)c(=O)c2s1. The van der Waals surface area contributed by atoms with Gasteiger partial charge in [-0.05, 0) is 12.1 Å². The Morgan fingerprint density at radius 1 is 1.03 bits per heavy atom. The zero-order valence-electron chi connectivity index (χ0n) is 15.5. The second kappa shape index (κ2) is 6.78. The molecule has 146 valence electrons. The molecule has 3 aromatic heterocycles. The monoisotopic (exact) mass is 414 g/mol. The predicted molar refractivity (Wildman–Crippen MR) is 117 cm³/mol. The number of rotatable bonds is 3. The van der Waals surface area contributed by atoms with Gasteiger partial charge in [0.2, 0.25) is 5.91 Å². The number of nitrogens with zero attached hydrogens (tertiary/aromatic N) is 2. The van der Waals surface area contributed by atoms with E-state index in [1.807, 2.05) is 24.3 Å². The zero-order chi connectivity index (χ0) is 20.8. The van der Waals surface area contributed by atoms with E-state index in [0.29, 0.717) is 31.9 Å². The molecule has 0 radical (unpaired) electrons. The van der Waals surface area contributed by atoms with Crippen molar-refractivity contribution in [3.63, 3.8) is 0 Å². The van der Waals surface area contributed by atoms with E-state index in [-0.39, 0.29) is 0 Å². The fourth-order valence-electron chi connectivity index (χ4n) is 3.55. The first-order chi connectivity index (χ1) is 14.5. The summed E-state index contributed by atoms with van der Waals surface area (Å²) in [6.07, 6.45) is 3.18.